The summed E-state index contributed by atoms with van der Waals surface area (Å²) in [5.74, 6) is -6.66. The summed E-state index contributed by atoms with van der Waals surface area (Å²) in [6.45, 7) is 0. The zero-order chi connectivity index (χ0) is 24.4. The molecular formula is C15H27N3O12. The number of carboxylic acids is 6. The van der Waals surface area contributed by atoms with Gasteiger partial charge in [-0.1, -0.05) is 0 Å². The van der Waals surface area contributed by atoms with Gasteiger partial charge in [-0.3, -0.25) is 28.8 Å². The SMILES string of the molecule is CN[C@H](CC(=O)O)C(=O)O.N[C@@H](CCC(=O)O)C(=O)O.N[C@@H](CCC(=O)O)C(=O)O. The summed E-state index contributed by atoms with van der Waals surface area (Å²) >= 11 is 0. The summed E-state index contributed by atoms with van der Waals surface area (Å²) in [6.07, 6.45) is -0.845. The van der Waals surface area contributed by atoms with Crippen LogP contribution in [-0.2, 0) is 28.8 Å². The topological polar surface area (TPSA) is 288 Å². The van der Waals surface area contributed by atoms with Gasteiger partial charge in [-0.25, -0.2) is 0 Å². The van der Waals surface area contributed by atoms with Crippen LogP contribution in [0.25, 0.3) is 0 Å². The fourth-order valence-corrected chi connectivity index (χ4v) is 1.29. The highest BCUT2D eigenvalue weighted by Crippen LogP contribution is 1.94. The third kappa shape index (κ3) is 22.7. The van der Waals surface area contributed by atoms with Gasteiger partial charge in [0.05, 0.1) is 6.42 Å². The van der Waals surface area contributed by atoms with Crippen LogP contribution in [-0.4, -0.2) is 91.6 Å². The normalized spacial score (nSPS) is 12.5. The first-order valence-electron chi connectivity index (χ1n) is 8.17. The quantitative estimate of drug-likeness (QED) is 0.153. The summed E-state index contributed by atoms with van der Waals surface area (Å²) in [5.41, 5.74) is 10.0. The van der Waals surface area contributed by atoms with Crippen molar-refractivity contribution in [3.05, 3.63) is 0 Å². The molecule has 0 aromatic carbocycles. The number of nitrogens with one attached hydrogen (secondary N) is 1. The molecule has 0 aliphatic carbocycles. The van der Waals surface area contributed by atoms with Gasteiger partial charge < -0.3 is 47.4 Å². The number of hydrogen-bond acceptors (Lipinski definition) is 9. The summed E-state index contributed by atoms with van der Waals surface area (Å²) in [5, 5.41) is 51.4. The van der Waals surface area contributed by atoms with Crippen LogP contribution in [0.3, 0.4) is 0 Å². The van der Waals surface area contributed by atoms with Gasteiger partial charge >= 0.3 is 35.8 Å². The van der Waals surface area contributed by atoms with Crippen LogP contribution in [0.4, 0.5) is 0 Å². The number of carbonyl (C=O) groups is 6. The van der Waals surface area contributed by atoms with Crippen molar-refractivity contribution < 1.29 is 59.4 Å². The minimum absolute atomic E-state index is 0.0231. The summed E-state index contributed by atoms with van der Waals surface area (Å²) in [7, 11) is 1.40. The van der Waals surface area contributed by atoms with Gasteiger partial charge in [-0.05, 0) is 19.9 Å². The monoisotopic (exact) mass is 441 g/mol. The molecule has 0 aromatic rings. The first-order valence-corrected chi connectivity index (χ1v) is 8.17. The van der Waals surface area contributed by atoms with Gasteiger partial charge in [-0.2, -0.15) is 0 Å². The van der Waals surface area contributed by atoms with E-state index in [1.807, 2.05) is 0 Å². The van der Waals surface area contributed by atoms with Crippen LogP contribution >= 0.6 is 0 Å². The van der Waals surface area contributed by atoms with Crippen molar-refractivity contribution in [1.29, 1.82) is 0 Å². The molecule has 0 fully saturated rings. The van der Waals surface area contributed by atoms with E-state index in [0.717, 1.165) is 0 Å². The van der Waals surface area contributed by atoms with E-state index in [4.69, 9.17) is 42.1 Å². The Hall–Kier alpha value is -3.30. The van der Waals surface area contributed by atoms with E-state index in [9.17, 15) is 28.8 Å². The summed E-state index contributed by atoms with van der Waals surface area (Å²) in [4.78, 5) is 59.9. The summed E-state index contributed by atoms with van der Waals surface area (Å²) in [6, 6.07) is -3.11. The second-order valence-corrected chi connectivity index (χ2v) is 5.53. The molecule has 0 radical (unpaired) electrons. The Morgan fingerprint density at radius 3 is 1.13 bits per heavy atom. The molecule has 0 spiro atoms. The standard InChI is InChI=1S/3C5H9NO4/c1-6-3(5(9)10)2-4(7)8;2*6-3(5(9)10)1-2-4(7)8/h3,6H,2H2,1H3,(H,7,8)(H,9,10);2*3H,1-2,6H2,(H,7,8)(H,9,10)/t3*3-/m100/s1. The zero-order valence-corrected chi connectivity index (χ0v) is 16.1. The van der Waals surface area contributed by atoms with Gasteiger partial charge in [0.25, 0.3) is 0 Å². The van der Waals surface area contributed by atoms with Crippen LogP contribution in [0, 0.1) is 0 Å². The smallest absolute Gasteiger partial charge is 0.321 e. The van der Waals surface area contributed by atoms with Crippen LogP contribution in [0.2, 0.25) is 0 Å². The van der Waals surface area contributed by atoms with Gasteiger partial charge in [0.15, 0.2) is 0 Å². The second kappa shape index (κ2) is 17.8. The molecule has 30 heavy (non-hydrogen) atoms. The molecule has 3 atom stereocenters. The average Bonchev–Trinajstić information content (AvgIpc) is 2.62. The largest absolute Gasteiger partial charge is 0.481 e. The highest BCUT2D eigenvalue weighted by Gasteiger charge is 2.17. The predicted octanol–water partition coefficient (Wildman–Crippen LogP) is -2.34. The maximum absolute atomic E-state index is 10.1. The van der Waals surface area contributed by atoms with Crippen molar-refractivity contribution in [3.63, 3.8) is 0 Å². The van der Waals surface area contributed by atoms with E-state index in [0.29, 0.717) is 0 Å². The Morgan fingerprint density at radius 1 is 0.667 bits per heavy atom. The lowest BCUT2D eigenvalue weighted by Crippen LogP contribution is -2.35. The van der Waals surface area contributed by atoms with Crippen LogP contribution in [0.5, 0.6) is 0 Å². The fraction of sp³-hybridized carbons (Fsp3) is 0.600. The van der Waals surface area contributed by atoms with Crippen LogP contribution in [0.15, 0.2) is 0 Å². The molecule has 11 N–H and O–H groups in total. The third-order valence-corrected chi connectivity index (χ3v) is 3.00. The number of rotatable bonds is 12. The Balaban J connectivity index is -0.000000364. The van der Waals surface area contributed by atoms with E-state index < -0.39 is 60.4 Å². The lowest BCUT2D eigenvalue weighted by Gasteiger charge is -2.06. The molecule has 0 aliphatic heterocycles. The lowest BCUT2D eigenvalue weighted by molar-refractivity contribution is -0.145. The summed E-state index contributed by atoms with van der Waals surface area (Å²) < 4.78 is 0. The minimum atomic E-state index is -1.17. The Kier molecular flexibility index (Phi) is 18.6. The van der Waals surface area contributed by atoms with Crippen molar-refractivity contribution >= 4 is 35.8 Å². The molecular weight excluding hydrogens is 414 g/mol. The lowest BCUT2D eigenvalue weighted by atomic mass is 10.2. The van der Waals surface area contributed by atoms with Gasteiger partial charge in [-0.15, -0.1) is 0 Å². The van der Waals surface area contributed by atoms with E-state index in [2.05, 4.69) is 5.32 Å². The van der Waals surface area contributed by atoms with Crippen molar-refractivity contribution in [2.45, 2.75) is 50.2 Å². The molecule has 0 rings (SSSR count). The molecule has 0 aromatic heterocycles. The van der Waals surface area contributed by atoms with Crippen molar-refractivity contribution in [2.24, 2.45) is 11.5 Å². The van der Waals surface area contributed by atoms with E-state index in [1.165, 1.54) is 7.05 Å². The number of carboxylic acid groups (broad SMARTS) is 6. The van der Waals surface area contributed by atoms with Crippen LogP contribution < -0.4 is 16.8 Å². The third-order valence-electron chi connectivity index (χ3n) is 3.00. The van der Waals surface area contributed by atoms with Crippen molar-refractivity contribution in [2.75, 3.05) is 7.05 Å². The molecule has 0 bridgehead atoms. The predicted molar refractivity (Wildman–Crippen MR) is 97.7 cm³/mol. The Labute approximate surface area is 170 Å². The number of aliphatic carboxylic acids is 6. The fourth-order valence-electron chi connectivity index (χ4n) is 1.29. The molecule has 0 saturated heterocycles. The average molecular weight is 441 g/mol. The molecule has 0 heterocycles. The van der Waals surface area contributed by atoms with Gasteiger partial charge in [0.2, 0.25) is 0 Å². The Bertz CT molecular complexity index is 561. The van der Waals surface area contributed by atoms with Crippen molar-refractivity contribution in [1.82, 2.24) is 5.32 Å². The molecule has 0 amide bonds. The Morgan fingerprint density at radius 2 is 1.00 bits per heavy atom. The minimum Gasteiger partial charge on any atom is -0.481 e. The van der Waals surface area contributed by atoms with Crippen LogP contribution in [0.1, 0.15) is 32.1 Å². The highest BCUT2D eigenvalue weighted by atomic mass is 16.4. The van der Waals surface area contributed by atoms with E-state index >= 15 is 0 Å². The number of nitrogens with two attached hydrogens (primary N) is 2. The van der Waals surface area contributed by atoms with Crippen molar-refractivity contribution in [3.8, 4) is 0 Å². The number of hydrogen-bond donors (Lipinski definition) is 9. The molecule has 174 valence electrons. The number of likely N-dealkylation sites (N-methyl/N-ethyl adjacent to an activating group) is 1. The second-order valence-electron chi connectivity index (χ2n) is 5.53. The molecule has 15 heteroatoms. The maximum Gasteiger partial charge on any atom is 0.321 e. The molecule has 0 aliphatic rings. The molecule has 0 saturated carbocycles. The molecule has 0 unspecified atom stereocenters. The first-order chi connectivity index (χ1) is 13.6. The van der Waals surface area contributed by atoms with Gasteiger partial charge in [0, 0.05) is 12.8 Å². The zero-order valence-electron chi connectivity index (χ0n) is 16.1. The van der Waals surface area contributed by atoms with E-state index in [1.54, 1.807) is 0 Å². The van der Waals surface area contributed by atoms with Gasteiger partial charge in [0.1, 0.15) is 18.1 Å². The molecule has 15 nitrogen and oxygen atoms in total. The van der Waals surface area contributed by atoms with E-state index in [-0.39, 0.29) is 25.7 Å². The first kappa shape index (κ1) is 31.4. The highest BCUT2D eigenvalue weighted by molar-refractivity contribution is 5.80. The maximum atomic E-state index is 10.1.